The zero-order valence-electron chi connectivity index (χ0n) is 23.1. The highest BCUT2D eigenvalue weighted by atomic mass is 35.5. The van der Waals surface area contributed by atoms with Gasteiger partial charge >= 0.3 is 5.97 Å². The van der Waals surface area contributed by atoms with Gasteiger partial charge in [0.1, 0.15) is 12.6 Å². The molecule has 1 aliphatic heterocycles. The highest BCUT2D eigenvalue weighted by Crippen LogP contribution is 2.40. The van der Waals surface area contributed by atoms with Crippen LogP contribution in [0.1, 0.15) is 43.0 Å². The molecule has 0 saturated heterocycles. The van der Waals surface area contributed by atoms with Crippen LogP contribution in [0.5, 0.6) is 11.5 Å². The number of methoxy groups -OCH3 is 1. The van der Waals surface area contributed by atoms with E-state index in [0.29, 0.717) is 51.3 Å². The molecule has 0 radical (unpaired) electrons. The Morgan fingerprint density at radius 2 is 1.85 bits per heavy atom. The molecule has 0 saturated carbocycles. The first-order valence-electron chi connectivity index (χ1n) is 13.3. The number of halogens is 1. The standard InChI is InChI=1S/C31H31ClN4O4S/c1-4-16-39-25-15-14-22(17-26(25)38-3)28-27(29(37)40-18-21-10-6-5-7-11-21)20(2)33-30-34-31(35-36(28)30)41-19-23-12-8-9-13-24(23)32/h5-15,17,28H,4,16,18-19H2,1-3H3,(H,33,34,35). The van der Waals surface area contributed by atoms with Crippen LogP contribution in [0.25, 0.3) is 0 Å². The summed E-state index contributed by atoms with van der Waals surface area (Å²) in [7, 11) is 1.60. The largest absolute Gasteiger partial charge is 0.493 e. The Balaban J connectivity index is 1.49. The first-order valence-corrected chi connectivity index (χ1v) is 14.7. The molecule has 2 heterocycles. The molecular formula is C31H31ClN4O4S. The van der Waals surface area contributed by atoms with Crippen molar-refractivity contribution in [3.63, 3.8) is 0 Å². The van der Waals surface area contributed by atoms with Gasteiger partial charge in [-0.15, -0.1) is 5.10 Å². The van der Waals surface area contributed by atoms with E-state index in [4.69, 9.17) is 35.9 Å². The first kappa shape index (κ1) is 28.6. The number of thioether (sulfide) groups is 1. The topological polar surface area (TPSA) is 87.5 Å². The summed E-state index contributed by atoms with van der Waals surface area (Å²) in [5.41, 5.74) is 3.75. The van der Waals surface area contributed by atoms with Crippen molar-refractivity contribution in [2.24, 2.45) is 0 Å². The first-order chi connectivity index (χ1) is 20.0. The van der Waals surface area contributed by atoms with Crippen LogP contribution in [0.3, 0.4) is 0 Å². The SMILES string of the molecule is CCCOc1ccc(C2C(C(=O)OCc3ccccc3)=C(C)Nc3nc(SCc4ccccc4Cl)nn32)cc1OC. The number of aromatic nitrogens is 3. The molecule has 10 heteroatoms. The number of nitrogens with zero attached hydrogens (tertiary/aromatic N) is 3. The van der Waals surface area contributed by atoms with E-state index in [2.05, 4.69) is 5.32 Å². The third kappa shape index (κ3) is 6.52. The predicted octanol–water partition coefficient (Wildman–Crippen LogP) is 7.05. The third-order valence-corrected chi connectivity index (χ3v) is 7.80. The summed E-state index contributed by atoms with van der Waals surface area (Å²) in [5, 5.41) is 9.32. The van der Waals surface area contributed by atoms with E-state index in [1.54, 1.807) is 11.8 Å². The van der Waals surface area contributed by atoms with Crippen molar-refractivity contribution in [3.05, 3.63) is 106 Å². The number of benzene rings is 3. The summed E-state index contributed by atoms with van der Waals surface area (Å²) >= 11 is 7.83. The van der Waals surface area contributed by atoms with E-state index in [9.17, 15) is 4.79 Å². The van der Waals surface area contributed by atoms with E-state index >= 15 is 0 Å². The van der Waals surface area contributed by atoms with Crippen LogP contribution in [0.2, 0.25) is 5.02 Å². The van der Waals surface area contributed by atoms with E-state index in [-0.39, 0.29) is 6.61 Å². The minimum absolute atomic E-state index is 0.152. The Hall–Kier alpha value is -3.95. The molecule has 41 heavy (non-hydrogen) atoms. The second-order valence-electron chi connectivity index (χ2n) is 9.43. The zero-order valence-corrected chi connectivity index (χ0v) is 24.7. The smallest absolute Gasteiger partial charge is 0.338 e. The molecule has 1 atom stereocenters. The number of nitrogens with one attached hydrogen (secondary N) is 1. The zero-order chi connectivity index (χ0) is 28.8. The molecule has 4 aromatic rings. The molecular weight excluding hydrogens is 560 g/mol. The molecule has 212 valence electrons. The van der Waals surface area contributed by atoms with Crippen LogP contribution < -0.4 is 14.8 Å². The van der Waals surface area contributed by atoms with Crippen LogP contribution in [0, 0.1) is 0 Å². The Labute approximate surface area is 248 Å². The molecule has 0 fully saturated rings. The van der Waals surface area contributed by atoms with Gasteiger partial charge in [-0.1, -0.05) is 84.9 Å². The van der Waals surface area contributed by atoms with Crippen LogP contribution in [-0.2, 0) is 21.9 Å². The Bertz CT molecular complexity index is 1560. The van der Waals surface area contributed by atoms with Gasteiger partial charge in [-0.25, -0.2) is 9.48 Å². The second-order valence-corrected chi connectivity index (χ2v) is 10.8. The highest BCUT2D eigenvalue weighted by molar-refractivity contribution is 7.98. The van der Waals surface area contributed by atoms with Crippen molar-refractivity contribution in [1.29, 1.82) is 0 Å². The maximum absolute atomic E-state index is 13.6. The van der Waals surface area contributed by atoms with Crippen molar-refractivity contribution < 1.29 is 19.0 Å². The van der Waals surface area contributed by atoms with E-state index in [0.717, 1.165) is 23.1 Å². The fourth-order valence-electron chi connectivity index (χ4n) is 4.51. The van der Waals surface area contributed by atoms with Crippen molar-refractivity contribution in [3.8, 4) is 11.5 Å². The summed E-state index contributed by atoms with van der Waals surface area (Å²) < 4.78 is 19.0. The molecule has 0 bridgehead atoms. The summed E-state index contributed by atoms with van der Waals surface area (Å²) in [6, 6.07) is 22.3. The molecule has 0 spiro atoms. The van der Waals surface area contributed by atoms with Gasteiger partial charge in [0, 0.05) is 16.5 Å². The molecule has 5 rings (SSSR count). The quantitative estimate of drug-likeness (QED) is 0.147. The maximum atomic E-state index is 13.6. The van der Waals surface area contributed by atoms with Gasteiger partial charge in [0.25, 0.3) is 0 Å². The lowest BCUT2D eigenvalue weighted by atomic mass is 9.95. The average Bonchev–Trinajstić information content (AvgIpc) is 3.40. The summed E-state index contributed by atoms with van der Waals surface area (Å²) in [4.78, 5) is 18.4. The van der Waals surface area contributed by atoms with Crippen molar-refractivity contribution in [2.75, 3.05) is 19.0 Å². The number of hydrogen-bond acceptors (Lipinski definition) is 8. The van der Waals surface area contributed by atoms with Crippen molar-refractivity contribution in [1.82, 2.24) is 14.8 Å². The van der Waals surface area contributed by atoms with Gasteiger partial charge in [0.2, 0.25) is 11.1 Å². The predicted molar refractivity (Wildman–Crippen MR) is 161 cm³/mol. The number of anilines is 1. The summed E-state index contributed by atoms with van der Waals surface area (Å²) in [6.07, 6.45) is 0.871. The number of carbonyl (C=O) groups is 1. The Morgan fingerprint density at radius 3 is 2.61 bits per heavy atom. The monoisotopic (exact) mass is 590 g/mol. The van der Waals surface area contributed by atoms with Crippen LogP contribution in [0.15, 0.2) is 89.2 Å². The molecule has 8 nitrogen and oxygen atoms in total. The van der Waals surface area contributed by atoms with Crippen LogP contribution in [0.4, 0.5) is 5.95 Å². The highest BCUT2D eigenvalue weighted by Gasteiger charge is 2.36. The van der Waals surface area contributed by atoms with Gasteiger partial charge in [0.15, 0.2) is 11.5 Å². The molecule has 1 aromatic heterocycles. The maximum Gasteiger partial charge on any atom is 0.338 e. The van der Waals surface area contributed by atoms with E-state index in [1.807, 2.05) is 86.6 Å². The second kappa shape index (κ2) is 13.1. The molecule has 0 amide bonds. The van der Waals surface area contributed by atoms with E-state index < -0.39 is 12.0 Å². The van der Waals surface area contributed by atoms with Crippen molar-refractivity contribution in [2.45, 2.75) is 43.8 Å². The van der Waals surface area contributed by atoms with Gasteiger partial charge in [-0.05, 0) is 48.2 Å². The number of rotatable bonds is 11. The van der Waals surface area contributed by atoms with Gasteiger partial charge < -0.3 is 19.5 Å². The number of hydrogen-bond donors (Lipinski definition) is 1. The minimum Gasteiger partial charge on any atom is -0.493 e. The molecule has 3 aromatic carbocycles. The lowest BCUT2D eigenvalue weighted by Gasteiger charge is -2.28. The van der Waals surface area contributed by atoms with Gasteiger partial charge in [-0.2, -0.15) is 4.98 Å². The average molecular weight is 591 g/mol. The van der Waals surface area contributed by atoms with Crippen molar-refractivity contribution >= 4 is 35.3 Å². The number of carbonyl (C=O) groups excluding carboxylic acids is 1. The van der Waals surface area contributed by atoms with Crippen LogP contribution >= 0.6 is 23.4 Å². The van der Waals surface area contributed by atoms with Gasteiger partial charge in [0.05, 0.1) is 19.3 Å². The van der Waals surface area contributed by atoms with Crippen LogP contribution in [-0.4, -0.2) is 34.5 Å². The minimum atomic E-state index is -0.606. The number of fused-ring (bicyclic) bond motifs is 1. The fourth-order valence-corrected chi connectivity index (χ4v) is 5.62. The molecule has 1 unspecified atom stereocenters. The fraction of sp³-hybridized carbons (Fsp3) is 0.258. The van der Waals surface area contributed by atoms with E-state index in [1.165, 1.54) is 11.8 Å². The molecule has 1 aliphatic rings. The third-order valence-electron chi connectivity index (χ3n) is 6.55. The Kier molecular flexibility index (Phi) is 9.16. The number of esters is 1. The normalized spacial score (nSPS) is 14.3. The summed E-state index contributed by atoms with van der Waals surface area (Å²) in [6.45, 7) is 4.61. The molecule has 0 aliphatic carbocycles. The summed E-state index contributed by atoms with van der Waals surface area (Å²) in [5.74, 6) is 1.89. The molecule has 1 N–H and O–H groups in total. The number of ether oxygens (including phenoxy) is 3. The lowest BCUT2D eigenvalue weighted by Crippen LogP contribution is -2.29. The lowest BCUT2D eigenvalue weighted by molar-refractivity contribution is -0.140. The number of allylic oxidation sites excluding steroid dienone is 1. The van der Waals surface area contributed by atoms with Gasteiger partial charge in [-0.3, -0.25) is 0 Å². The Morgan fingerprint density at radius 1 is 1.07 bits per heavy atom.